The lowest BCUT2D eigenvalue weighted by Gasteiger charge is -2.16. The highest BCUT2D eigenvalue weighted by molar-refractivity contribution is 7.15. The summed E-state index contributed by atoms with van der Waals surface area (Å²) in [4.78, 5) is 31.7. The van der Waals surface area contributed by atoms with E-state index >= 15 is 0 Å². The van der Waals surface area contributed by atoms with Crippen LogP contribution < -0.4 is 5.32 Å². The first kappa shape index (κ1) is 17.6. The smallest absolute Gasteiger partial charge is 0.226 e. The Kier molecular flexibility index (Phi) is 5.48. The molecule has 132 valence electrons. The molecule has 0 bridgehead atoms. The molecule has 1 aliphatic rings. The highest BCUT2D eigenvalue weighted by Crippen LogP contribution is 2.27. The Morgan fingerprint density at radius 3 is 2.68 bits per heavy atom. The number of hydrogen-bond acceptors (Lipinski definition) is 4. The zero-order valence-corrected chi connectivity index (χ0v) is 15.4. The summed E-state index contributed by atoms with van der Waals surface area (Å²) in [7, 11) is 0. The van der Waals surface area contributed by atoms with Crippen molar-refractivity contribution in [2.24, 2.45) is 0 Å². The Bertz CT molecular complexity index is 738. The fourth-order valence-electron chi connectivity index (χ4n) is 3.07. The third-order valence-corrected chi connectivity index (χ3v) is 5.64. The number of aryl methyl sites for hydroxylation is 2. The summed E-state index contributed by atoms with van der Waals surface area (Å²) in [6.45, 7) is 5.41. The van der Waals surface area contributed by atoms with E-state index in [1.807, 2.05) is 36.9 Å². The topological polar surface area (TPSA) is 62.3 Å². The average Bonchev–Trinajstić information content (AvgIpc) is 3.21. The second kappa shape index (κ2) is 7.78. The molecule has 1 aliphatic heterocycles. The van der Waals surface area contributed by atoms with E-state index in [0.29, 0.717) is 11.0 Å². The number of carbonyl (C=O) groups is 2. The SMILES string of the molecule is Cc1nc(NC(=O)CCC(=O)N2CCC(c3ccccc3)C2)sc1C. The standard InChI is InChI=1S/C19H23N3O2S/c1-13-14(2)25-19(20-13)21-17(23)8-9-18(24)22-11-10-16(12-22)15-6-4-3-5-7-15/h3-7,16H,8-12H2,1-2H3,(H,20,21,23). The molecule has 2 aromatic rings. The Morgan fingerprint density at radius 2 is 2.00 bits per heavy atom. The van der Waals surface area contributed by atoms with Crippen LogP contribution in [0.3, 0.4) is 0 Å². The minimum Gasteiger partial charge on any atom is -0.342 e. The second-order valence-electron chi connectivity index (χ2n) is 6.44. The van der Waals surface area contributed by atoms with Gasteiger partial charge in [0.05, 0.1) is 5.69 Å². The molecular formula is C19H23N3O2S. The number of amides is 2. The Balaban J connectivity index is 1.45. The minimum atomic E-state index is -0.152. The first-order valence-electron chi connectivity index (χ1n) is 8.59. The number of thiazole rings is 1. The van der Waals surface area contributed by atoms with Gasteiger partial charge >= 0.3 is 0 Å². The average molecular weight is 357 g/mol. The van der Waals surface area contributed by atoms with Crippen molar-refractivity contribution in [2.45, 2.75) is 39.0 Å². The molecule has 0 saturated carbocycles. The van der Waals surface area contributed by atoms with Gasteiger partial charge in [-0.15, -0.1) is 11.3 Å². The lowest BCUT2D eigenvalue weighted by molar-refractivity contribution is -0.131. The molecule has 5 nitrogen and oxygen atoms in total. The van der Waals surface area contributed by atoms with Crippen LogP contribution >= 0.6 is 11.3 Å². The summed E-state index contributed by atoms with van der Waals surface area (Å²) in [5.41, 5.74) is 2.21. The molecule has 6 heteroatoms. The molecule has 0 aliphatic carbocycles. The lowest BCUT2D eigenvalue weighted by atomic mass is 9.99. The van der Waals surface area contributed by atoms with Gasteiger partial charge in [-0.05, 0) is 25.8 Å². The summed E-state index contributed by atoms with van der Waals surface area (Å²) in [5, 5.41) is 3.39. The van der Waals surface area contributed by atoms with E-state index in [2.05, 4.69) is 22.4 Å². The van der Waals surface area contributed by atoms with Crippen LogP contribution in [0.4, 0.5) is 5.13 Å². The minimum absolute atomic E-state index is 0.0556. The third kappa shape index (κ3) is 4.45. The Morgan fingerprint density at radius 1 is 1.24 bits per heavy atom. The van der Waals surface area contributed by atoms with Crippen LogP contribution in [0.25, 0.3) is 0 Å². The number of nitrogens with zero attached hydrogens (tertiary/aromatic N) is 2. The summed E-state index contributed by atoms with van der Waals surface area (Å²) in [6, 6.07) is 10.3. The fraction of sp³-hybridized carbons (Fsp3) is 0.421. The van der Waals surface area contributed by atoms with Gasteiger partial charge in [0.2, 0.25) is 11.8 Å². The molecule has 0 radical (unpaired) electrons. The maximum Gasteiger partial charge on any atom is 0.226 e. The number of aromatic nitrogens is 1. The molecular weight excluding hydrogens is 334 g/mol. The van der Waals surface area contributed by atoms with E-state index in [1.165, 1.54) is 16.9 Å². The second-order valence-corrected chi connectivity index (χ2v) is 7.65. The van der Waals surface area contributed by atoms with Gasteiger partial charge in [-0.1, -0.05) is 30.3 Å². The molecule has 1 N–H and O–H groups in total. The molecule has 1 unspecified atom stereocenters. The first-order valence-corrected chi connectivity index (χ1v) is 9.41. The van der Waals surface area contributed by atoms with Gasteiger partial charge in [0, 0.05) is 36.7 Å². The normalized spacial score (nSPS) is 16.9. The van der Waals surface area contributed by atoms with E-state index in [4.69, 9.17) is 0 Å². The zero-order chi connectivity index (χ0) is 17.8. The molecule has 1 saturated heterocycles. The zero-order valence-electron chi connectivity index (χ0n) is 14.6. The maximum absolute atomic E-state index is 12.4. The van der Waals surface area contributed by atoms with Crippen LogP contribution in [-0.4, -0.2) is 34.8 Å². The summed E-state index contributed by atoms with van der Waals surface area (Å²) in [6.07, 6.45) is 1.43. The number of benzene rings is 1. The van der Waals surface area contributed by atoms with Gasteiger partial charge in [0.25, 0.3) is 0 Å². The number of nitrogens with one attached hydrogen (secondary N) is 1. The van der Waals surface area contributed by atoms with Crippen LogP contribution in [-0.2, 0) is 9.59 Å². The Labute approximate surface area is 152 Å². The van der Waals surface area contributed by atoms with Crippen molar-refractivity contribution in [3.63, 3.8) is 0 Å². The van der Waals surface area contributed by atoms with E-state index in [-0.39, 0.29) is 24.7 Å². The molecule has 0 spiro atoms. The maximum atomic E-state index is 12.4. The molecule has 1 atom stereocenters. The highest BCUT2D eigenvalue weighted by atomic mass is 32.1. The molecule has 1 aromatic heterocycles. The van der Waals surface area contributed by atoms with Crippen molar-refractivity contribution in [3.8, 4) is 0 Å². The van der Waals surface area contributed by atoms with Crippen molar-refractivity contribution in [1.82, 2.24) is 9.88 Å². The summed E-state index contributed by atoms with van der Waals surface area (Å²) >= 11 is 1.46. The molecule has 2 amide bonds. The lowest BCUT2D eigenvalue weighted by Crippen LogP contribution is -2.29. The van der Waals surface area contributed by atoms with Crippen molar-refractivity contribution in [1.29, 1.82) is 0 Å². The van der Waals surface area contributed by atoms with Gasteiger partial charge < -0.3 is 10.2 Å². The van der Waals surface area contributed by atoms with Gasteiger partial charge in [0.1, 0.15) is 0 Å². The van der Waals surface area contributed by atoms with Crippen LogP contribution in [0.15, 0.2) is 30.3 Å². The van der Waals surface area contributed by atoms with E-state index in [1.54, 1.807) is 0 Å². The number of likely N-dealkylation sites (tertiary alicyclic amines) is 1. The monoisotopic (exact) mass is 357 g/mol. The number of carbonyl (C=O) groups excluding carboxylic acids is 2. The van der Waals surface area contributed by atoms with Crippen molar-refractivity contribution < 1.29 is 9.59 Å². The predicted molar refractivity (Wildman–Crippen MR) is 99.8 cm³/mol. The largest absolute Gasteiger partial charge is 0.342 e. The van der Waals surface area contributed by atoms with Crippen molar-refractivity contribution in [3.05, 3.63) is 46.5 Å². The molecule has 3 rings (SSSR count). The number of anilines is 1. The summed E-state index contributed by atoms with van der Waals surface area (Å²) < 4.78 is 0. The first-order chi connectivity index (χ1) is 12.0. The third-order valence-electron chi connectivity index (χ3n) is 4.65. The van der Waals surface area contributed by atoms with Gasteiger partial charge in [-0.3, -0.25) is 9.59 Å². The van der Waals surface area contributed by atoms with Gasteiger partial charge in [0.15, 0.2) is 5.13 Å². The van der Waals surface area contributed by atoms with Crippen LogP contribution in [0.5, 0.6) is 0 Å². The fourth-order valence-corrected chi connectivity index (χ4v) is 3.90. The highest BCUT2D eigenvalue weighted by Gasteiger charge is 2.27. The predicted octanol–water partition coefficient (Wildman–Crippen LogP) is 3.49. The molecule has 2 heterocycles. The number of rotatable bonds is 5. The van der Waals surface area contributed by atoms with Crippen LogP contribution in [0.1, 0.15) is 41.3 Å². The van der Waals surface area contributed by atoms with Crippen molar-refractivity contribution in [2.75, 3.05) is 18.4 Å². The van der Waals surface area contributed by atoms with Gasteiger partial charge in [-0.2, -0.15) is 0 Å². The van der Waals surface area contributed by atoms with E-state index in [9.17, 15) is 9.59 Å². The van der Waals surface area contributed by atoms with Crippen LogP contribution in [0, 0.1) is 13.8 Å². The van der Waals surface area contributed by atoms with Gasteiger partial charge in [-0.25, -0.2) is 4.98 Å². The summed E-state index contributed by atoms with van der Waals surface area (Å²) in [5.74, 6) is 0.307. The quantitative estimate of drug-likeness (QED) is 0.891. The van der Waals surface area contributed by atoms with E-state index in [0.717, 1.165) is 30.1 Å². The number of hydrogen-bond donors (Lipinski definition) is 1. The Hall–Kier alpha value is -2.21. The van der Waals surface area contributed by atoms with E-state index < -0.39 is 0 Å². The van der Waals surface area contributed by atoms with Crippen LogP contribution in [0.2, 0.25) is 0 Å². The molecule has 1 aromatic carbocycles. The van der Waals surface area contributed by atoms with Crippen molar-refractivity contribution >= 4 is 28.3 Å². The molecule has 1 fully saturated rings. The molecule has 25 heavy (non-hydrogen) atoms.